The van der Waals surface area contributed by atoms with Crippen LogP contribution in [0.1, 0.15) is 0 Å². The van der Waals surface area contributed by atoms with Crippen LogP contribution in [0.5, 0.6) is 0 Å². The molecule has 11 heteroatoms. The van der Waals surface area contributed by atoms with Crippen molar-refractivity contribution in [2.75, 3.05) is 6.26 Å². The van der Waals surface area contributed by atoms with Crippen LogP contribution in [0.3, 0.4) is 0 Å². The monoisotopic (exact) mass is 316 g/mol. The normalized spacial score (nSPS) is 11.8. The zero-order chi connectivity index (χ0) is 15.3. The Morgan fingerprint density at radius 2 is 2.25 bits per heavy atom. The van der Waals surface area contributed by atoms with Crippen molar-refractivity contribution in [1.82, 2.24) is 5.32 Å². The lowest BCUT2D eigenvalue weighted by Gasteiger charge is -2.02. The lowest BCUT2D eigenvalue weighted by Crippen LogP contribution is -2.12. The van der Waals surface area contributed by atoms with E-state index in [4.69, 9.17) is 9.81 Å². The molecule has 0 fully saturated rings. The maximum absolute atomic E-state index is 10.9. The number of nitro groups is 1. The Balaban J connectivity index is 3.42. The molecule has 0 radical (unpaired) electrons. The highest BCUT2D eigenvalue weighted by Gasteiger charge is 2.20. The van der Waals surface area contributed by atoms with E-state index in [1.807, 2.05) is 0 Å². The Hall–Kier alpha value is -2.16. The van der Waals surface area contributed by atoms with E-state index in [1.54, 1.807) is 12.4 Å². The fourth-order valence-corrected chi connectivity index (χ4v) is 2.02. The predicted octanol–water partition coefficient (Wildman–Crippen LogP) is 1.26. The number of nitrogens with one attached hydrogen (secondary N) is 1. The molecular formula is C9H8N4O5S2. The average Bonchev–Trinajstić information content (AvgIpc) is 2.36. The molecule has 1 aromatic rings. The second-order valence-corrected chi connectivity index (χ2v) is 5.46. The molecule has 1 rings (SSSR count). The number of nitrogens with zero attached hydrogens (tertiary/aromatic N) is 3. The molecule has 0 heterocycles. The van der Waals surface area contributed by atoms with Crippen molar-refractivity contribution in [3.63, 3.8) is 0 Å². The number of amidine groups is 1. The molecule has 0 aliphatic heterocycles. The third-order valence-corrected chi connectivity index (χ3v) is 3.45. The largest absolute Gasteiger partial charge is 0.296 e. The smallest absolute Gasteiger partial charge is 0.282 e. The zero-order valence-electron chi connectivity index (χ0n) is 9.97. The van der Waals surface area contributed by atoms with Crippen LogP contribution in [0.4, 0.5) is 11.4 Å². The highest BCUT2D eigenvalue weighted by molar-refractivity contribution is 8.13. The van der Waals surface area contributed by atoms with Gasteiger partial charge in [0.2, 0.25) is 0 Å². The van der Waals surface area contributed by atoms with Crippen LogP contribution >= 0.6 is 11.8 Å². The maximum Gasteiger partial charge on any atom is 0.296 e. The van der Waals surface area contributed by atoms with Gasteiger partial charge in [-0.25, -0.2) is 4.99 Å². The molecule has 0 aromatic heterocycles. The summed E-state index contributed by atoms with van der Waals surface area (Å²) in [5.74, 6) is 0. The third-order valence-electron chi connectivity index (χ3n) is 2.02. The van der Waals surface area contributed by atoms with E-state index in [-0.39, 0.29) is 10.9 Å². The van der Waals surface area contributed by atoms with E-state index in [0.29, 0.717) is 6.07 Å². The second-order valence-electron chi connectivity index (χ2n) is 3.24. The first-order chi connectivity index (χ1) is 9.29. The Bertz CT molecular complexity index is 708. The molecule has 0 amide bonds. The van der Waals surface area contributed by atoms with Gasteiger partial charge in [-0.1, -0.05) is 11.8 Å². The third kappa shape index (κ3) is 3.92. The molecule has 20 heavy (non-hydrogen) atoms. The van der Waals surface area contributed by atoms with Crippen molar-refractivity contribution in [2.24, 2.45) is 4.99 Å². The Morgan fingerprint density at radius 1 is 1.60 bits per heavy atom. The van der Waals surface area contributed by atoms with E-state index >= 15 is 0 Å². The standard InChI is InChI=1S/C9H8N4O5S2/c1-19-9(11-5-10)12-7-3-2-6(20(16,17)18)4-8(7)13(14)15/h2-4H,1H3,(H,11,12)(H,16,17,18). The predicted molar refractivity (Wildman–Crippen MR) is 72.3 cm³/mol. The van der Waals surface area contributed by atoms with Gasteiger partial charge in [0.25, 0.3) is 15.8 Å². The molecule has 0 saturated heterocycles. The van der Waals surface area contributed by atoms with Gasteiger partial charge in [0.05, 0.1) is 4.92 Å². The Morgan fingerprint density at radius 3 is 2.70 bits per heavy atom. The van der Waals surface area contributed by atoms with E-state index in [0.717, 1.165) is 23.9 Å². The second kappa shape index (κ2) is 6.33. The van der Waals surface area contributed by atoms with E-state index < -0.39 is 25.6 Å². The molecule has 0 saturated carbocycles. The lowest BCUT2D eigenvalue weighted by molar-refractivity contribution is -0.384. The molecular weight excluding hydrogens is 308 g/mol. The minimum Gasteiger partial charge on any atom is -0.282 e. The highest BCUT2D eigenvalue weighted by atomic mass is 32.2. The summed E-state index contributed by atoms with van der Waals surface area (Å²) < 4.78 is 30.7. The van der Waals surface area contributed by atoms with Crippen LogP contribution in [0.2, 0.25) is 0 Å². The van der Waals surface area contributed by atoms with Gasteiger partial charge in [0.15, 0.2) is 11.4 Å². The first-order valence-electron chi connectivity index (χ1n) is 4.83. The fourth-order valence-electron chi connectivity index (χ4n) is 1.19. The number of hydrogen-bond acceptors (Lipinski definition) is 7. The van der Waals surface area contributed by atoms with Crippen LogP contribution < -0.4 is 5.32 Å². The van der Waals surface area contributed by atoms with Crippen LogP contribution in [0.15, 0.2) is 28.1 Å². The van der Waals surface area contributed by atoms with Crippen LogP contribution in [0, 0.1) is 21.6 Å². The molecule has 0 unspecified atom stereocenters. The first-order valence-corrected chi connectivity index (χ1v) is 7.49. The minimum absolute atomic E-state index is 0.107. The number of benzene rings is 1. The summed E-state index contributed by atoms with van der Waals surface area (Å²) in [7, 11) is -4.55. The van der Waals surface area contributed by atoms with Gasteiger partial charge in [-0.15, -0.1) is 0 Å². The van der Waals surface area contributed by atoms with Gasteiger partial charge >= 0.3 is 0 Å². The highest BCUT2D eigenvalue weighted by Crippen LogP contribution is 2.30. The summed E-state index contributed by atoms with van der Waals surface area (Å²) in [6.45, 7) is 0. The Labute approximate surface area is 118 Å². The van der Waals surface area contributed by atoms with E-state index in [9.17, 15) is 18.5 Å². The lowest BCUT2D eigenvalue weighted by atomic mass is 10.3. The zero-order valence-corrected chi connectivity index (χ0v) is 11.6. The van der Waals surface area contributed by atoms with Crippen LogP contribution in [0.25, 0.3) is 0 Å². The first kappa shape index (κ1) is 15.9. The minimum atomic E-state index is -4.55. The molecule has 2 N–H and O–H groups in total. The van der Waals surface area contributed by atoms with Gasteiger partial charge in [-0.2, -0.15) is 13.7 Å². The molecule has 0 aliphatic rings. The van der Waals surface area contributed by atoms with Gasteiger partial charge in [0, 0.05) is 6.07 Å². The van der Waals surface area contributed by atoms with Crippen molar-refractivity contribution < 1.29 is 17.9 Å². The number of nitriles is 1. The topological polar surface area (TPSA) is 146 Å². The summed E-state index contributed by atoms with van der Waals surface area (Å²) in [6, 6.07) is 2.74. The van der Waals surface area contributed by atoms with Gasteiger partial charge < -0.3 is 0 Å². The summed E-state index contributed by atoms with van der Waals surface area (Å²) >= 11 is 1.05. The average molecular weight is 316 g/mol. The molecule has 9 nitrogen and oxygen atoms in total. The molecule has 0 atom stereocenters. The molecule has 106 valence electrons. The molecule has 1 aromatic carbocycles. The number of nitro benzene ring substituents is 1. The van der Waals surface area contributed by atoms with Crippen molar-refractivity contribution in [2.45, 2.75) is 4.90 Å². The summed E-state index contributed by atoms with van der Waals surface area (Å²) in [5.41, 5.74) is -0.749. The van der Waals surface area contributed by atoms with Gasteiger partial charge in [-0.05, 0) is 18.4 Å². The molecule has 0 bridgehead atoms. The number of hydrogen-bond donors (Lipinski definition) is 2. The van der Waals surface area contributed by atoms with Gasteiger partial charge in [-0.3, -0.25) is 20.0 Å². The quantitative estimate of drug-likeness (QED) is 0.161. The SMILES string of the molecule is CSC(=Nc1ccc(S(=O)(=O)O)cc1[N+](=O)[O-])NC#N. The molecule has 0 aliphatic carbocycles. The van der Waals surface area contributed by atoms with E-state index in [2.05, 4.69) is 10.3 Å². The number of aliphatic imine (C=N–C) groups is 1. The Kier molecular flexibility index (Phi) is 5.03. The van der Waals surface area contributed by atoms with Crippen molar-refractivity contribution in [3.8, 4) is 6.19 Å². The van der Waals surface area contributed by atoms with Crippen molar-refractivity contribution in [1.29, 1.82) is 5.26 Å². The number of thioether (sulfide) groups is 1. The molecule has 0 spiro atoms. The van der Waals surface area contributed by atoms with Crippen molar-refractivity contribution >= 4 is 38.4 Å². The van der Waals surface area contributed by atoms with Gasteiger partial charge in [0.1, 0.15) is 10.6 Å². The van der Waals surface area contributed by atoms with Crippen LogP contribution in [-0.4, -0.2) is 29.3 Å². The fraction of sp³-hybridized carbons (Fsp3) is 0.111. The summed E-state index contributed by atoms with van der Waals surface area (Å²) in [5, 5.41) is 21.7. The summed E-state index contributed by atoms with van der Waals surface area (Å²) in [4.78, 5) is 13.3. The van der Waals surface area contributed by atoms with E-state index in [1.165, 1.54) is 0 Å². The van der Waals surface area contributed by atoms with Crippen molar-refractivity contribution in [3.05, 3.63) is 28.3 Å². The summed E-state index contributed by atoms with van der Waals surface area (Å²) in [6.07, 6.45) is 3.21. The number of rotatable bonds is 3. The van der Waals surface area contributed by atoms with Crippen LogP contribution in [-0.2, 0) is 10.1 Å². The maximum atomic E-state index is 10.9.